The first kappa shape index (κ1) is 13.5. The van der Waals surface area contributed by atoms with E-state index in [0.717, 1.165) is 18.2 Å². The van der Waals surface area contributed by atoms with Crippen LogP contribution in [0.2, 0.25) is 0 Å². The minimum absolute atomic E-state index is 0.000733. The first-order chi connectivity index (χ1) is 7.84. The van der Waals surface area contributed by atoms with E-state index >= 15 is 0 Å². The van der Waals surface area contributed by atoms with Gasteiger partial charge in [-0.15, -0.1) is 0 Å². The van der Waals surface area contributed by atoms with Gasteiger partial charge in [-0.1, -0.05) is 6.07 Å². The molecular formula is C10H5ClF4O2. The highest BCUT2D eigenvalue weighted by molar-refractivity contribution is 6.15. The van der Waals surface area contributed by atoms with E-state index in [0.29, 0.717) is 12.1 Å². The van der Waals surface area contributed by atoms with Gasteiger partial charge in [0.05, 0.1) is 5.56 Å². The summed E-state index contributed by atoms with van der Waals surface area (Å²) in [7, 11) is 0. The minimum atomic E-state index is -4.79. The lowest BCUT2D eigenvalue weighted by atomic mass is 10.1. The van der Waals surface area contributed by atoms with Crippen molar-refractivity contribution in [1.29, 1.82) is 0 Å². The minimum Gasteiger partial charge on any atom is -0.344 e. The molecule has 17 heavy (non-hydrogen) atoms. The van der Waals surface area contributed by atoms with Gasteiger partial charge < -0.3 is 4.29 Å². The van der Waals surface area contributed by atoms with Gasteiger partial charge in [0.25, 0.3) is 0 Å². The SMILES string of the molecule is O=C(/C=C/c1ccc(F)c(C(F)(F)F)c1)OCl. The number of carbonyl (C=O) groups excluding carboxylic acids is 1. The normalized spacial score (nSPS) is 11.8. The van der Waals surface area contributed by atoms with Crippen LogP contribution in [-0.4, -0.2) is 5.97 Å². The monoisotopic (exact) mass is 268 g/mol. The second kappa shape index (κ2) is 5.18. The fourth-order valence-electron chi connectivity index (χ4n) is 1.05. The quantitative estimate of drug-likeness (QED) is 0.606. The summed E-state index contributed by atoms with van der Waals surface area (Å²) in [5, 5.41) is 0. The summed E-state index contributed by atoms with van der Waals surface area (Å²) in [6.45, 7) is 0. The molecule has 0 atom stereocenters. The molecule has 0 aliphatic heterocycles. The molecule has 7 heteroatoms. The van der Waals surface area contributed by atoms with Crippen molar-refractivity contribution in [3.05, 3.63) is 41.2 Å². The lowest BCUT2D eigenvalue weighted by molar-refractivity contribution is -0.140. The third-order valence-electron chi connectivity index (χ3n) is 1.78. The third-order valence-corrected chi connectivity index (χ3v) is 1.94. The van der Waals surface area contributed by atoms with E-state index in [1.54, 1.807) is 0 Å². The maximum atomic E-state index is 12.9. The topological polar surface area (TPSA) is 26.3 Å². The van der Waals surface area contributed by atoms with Gasteiger partial charge in [0.2, 0.25) is 0 Å². The van der Waals surface area contributed by atoms with E-state index in [2.05, 4.69) is 4.29 Å². The number of carbonyl (C=O) groups is 1. The number of benzene rings is 1. The van der Waals surface area contributed by atoms with Crippen LogP contribution in [0.5, 0.6) is 0 Å². The molecule has 0 amide bonds. The zero-order valence-electron chi connectivity index (χ0n) is 8.09. The summed E-state index contributed by atoms with van der Waals surface area (Å²) in [6.07, 6.45) is -2.94. The highest BCUT2D eigenvalue weighted by Gasteiger charge is 2.33. The standard InChI is InChI=1S/C10H5ClF4O2/c11-17-9(16)4-2-6-1-3-8(12)7(5-6)10(13,14)15/h1-5H/b4-2+. The molecule has 0 saturated heterocycles. The van der Waals surface area contributed by atoms with Crippen LogP contribution in [0.4, 0.5) is 17.6 Å². The Labute approximate surface area is 98.6 Å². The van der Waals surface area contributed by atoms with Crippen LogP contribution in [0, 0.1) is 5.82 Å². The molecule has 1 aromatic rings. The Kier molecular flexibility index (Phi) is 4.11. The fraction of sp³-hybridized carbons (Fsp3) is 0.100. The molecule has 2 nitrogen and oxygen atoms in total. The summed E-state index contributed by atoms with van der Waals surface area (Å²) in [5.41, 5.74) is -1.40. The molecule has 0 heterocycles. The van der Waals surface area contributed by atoms with Gasteiger partial charge >= 0.3 is 12.1 Å². The van der Waals surface area contributed by atoms with Crippen LogP contribution in [-0.2, 0) is 15.3 Å². The van der Waals surface area contributed by atoms with Crippen molar-refractivity contribution in [3.8, 4) is 0 Å². The summed E-state index contributed by atoms with van der Waals surface area (Å²) in [6, 6.07) is 2.32. The second-order valence-electron chi connectivity index (χ2n) is 2.97. The summed E-state index contributed by atoms with van der Waals surface area (Å²) < 4.78 is 53.6. The van der Waals surface area contributed by atoms with Gasteiger partial charge in [-0.05, 0) is 23.8 Å². The zero-order chi connectivity index (χ0) is 13.1. The predicted molar refractivity (Wildman–Crippen MR) is 52.4 cm³/mol. The van der Waals surface area contributed by atoms with E-state index in [1.807, 2.05) is 0 Å². The average Bonchev–Trinajstić information content (AvgIpc) is 2.26. The van der Waals surface area contributed by atoms with Gasteiger partial charge in [-0.25, -0.2) is 9.18 Å². The number of alkyl halides is 3. The molecule has 92 valence electrons. The van der Waals surface area contributed by atoms with Crippen LogP contribution in [0.1, 0.15) is 11.1 Å². The highest BCUT2D eigenvalue weighted by atomic mass is 35.5. The highest BCUT2D eigenvalue weighted by Crippen LogP contribution is 2.32. The van der Waals surface area contributed by atoms with Crippen LogP contribution in [0.3, 0.4) is 0 Å². The van der Waals surface area contributed by atoms with Crippen molar-refractivity contribution in [3.63, 3.8) is 0 Å². The van der Waals surface area contributed by atoms with Crippen LogP contribution in [0.25, 0.3) is 6.08 Å². The molecule has 0 bridgehead atoms. The molecule has 0 saturated carbocycles. The largest absolute Gasteiger partial charge is 0.419 e. The fourth-order valence-corrected chi connectivity index (χ4v) is 1.11. The molecule has 1 rings (SSSR count). The summed E-state index contributed by atoms with van der Waals surface area (Å²) >= 11 is 4.71. The Morgan fingerprint density at radius 1 is 1.35 bits per heavy atom. The average molecular weight is 269 g/mol. The van der Waals surface area contributed by atoms with Gasteiger partial charge in [0.15, 0.2) is 0 Å². The van der Waals surface area contributed by atoms with E-state index in [4.69, 9.17) is 11.9 Å². The molecule has 0 aliphatic carbocycles. The first-order valence-electron chi connectivity index (χ1n) is 4.22. The van der Waals surface area contributed by atoms with E-state index in [1.165, 1.54) is 0 Å². The lowest BCUT2D eigenvalue weighted by Gasteiger charge is -2.08. The van der Waals surface area contributed by atoms with Gasteiger partial charge in [0.1, 0.15) is 17.7 Å². The molecule has 0 aliphatic rings. The molecular weight excluding hydrogens is 264 g/mol. The van der Waals surface area contributed by atoms with Crippen LogP contribution < -0.4 is 0 Å². The molecule has 0 N–H and O–H groups in total. The van der Waals surface area contributed by atoms with E-state index in [9.17, 15) is 22.4 Å². The Balaban J connectivity index is 3.05. The first-order valence-corrected chi connectivity index (χ1v) is 4.53. The zero-order valence-corrected chi connectivity index (χ0v) is 8.85. The van der Waals surface area contributed by atoms with Gasteiger partial charge in [-0.2, -0.15) is 13.2 Å². The Morgan fingerprint density at radius 2 is 2.00 bits per heavy atom. The smallest absolute Gasteiger partial charge is 0.344 e. The lowest BCUT2D eigenvalue weighted by Crippen LogP contribution is -2.08. The predicted octanol–water partition coefficient (Wildman–Crippen LogP) is 3.55. The van der Waals surface area contributed by atoms with Crippen molar-refractivity contribution in [2.75, 3.05) is 0 Å². The number of rotatable bonds is 2. The van der Waals surface area contributed by atoms with Crippen LogP contribution in [0.15, 0.2) is 24.3 Å². The Hall–Kier alpha value is -1.56. The maximum Gasteiger partial charge on any atom is 0.419 e. The van der Waals surface area contributed by atoms with Crippen LogP contribution >= 0.6 is 11.9 Å². The molecule has 0 fully saturated rings. The van der Waals surface area contributed by atoms with Crippen molar-refractivity contribution in [2.45, 2.75) is 6.18 Å². The number of halogens is 5. The second-order valence-corrected chi connectivity index (χ2v) is 3.12. The molecule has 0 spiro atoms. The number of hydrogen-bond donors (Lipinski definition) is 0. The van der Waals surface area contributed by atoms with E-state index < -0.39 is 23.5 Å². The summed E-state index contributed by atoms with van der Waals surface area (Å²) in [4.78, 5) is 10.6. The number of hydrogen-bond acceptors (Lipinski definition) is 2. The van der Waals surface area contributed by atoms with Crippen molar-refractivity contribution < 1.29 is 26.6 Å². The molecule has 1 aromatic carbocycles. The van der Waals surface area contributed by atoms with Gasteiger partial charge in [0, 0.05) is 6.08 Å². The van der Waals surface area contributed by atoms with E-state index in [-0.39, 0.29) is 5.56 Å². The van der Waals surface area contributed by atoms with Gasteiger partial charge in [-0.3, -0.25) is 0 Å². The third kappa shape index (κ3) is 3.74. The van der Waals surface area contributed by atoms with Crippen molar-refractivity contribution in [2.24, 2.45) is 0 Å². The molecule has 0 radical (unpaired) electrons. The Bertz CT molecular complexity index is 454. The Morgan fingerprint density at radius 3 is 2.53 bits per heavy atom. The molecule has 0 unspecified atom stereocenters. The van der Waals surface area contributed by atoms with Crippen molar-refractivity contribution in [1.82, 2.24) is 0 Å². The van der Waals surface area contributed by atoms with Crippen molar-refractivity contribution >= 4 is 23.9 Å². The maximum absolute atomic E-state index is 12.9. The molecule has 0 aromatic heterocycles. The summed E-state index contributed by atoms with van der Waals surface area (Å²) in [5.74, 6) is -2.32.